The van der Waals surface area contributed by atoms with Crippen molar-refractivity contribution in [2.45, 2.75) is 27.2 Å². The third-order valence-electron chi connectivity index (χ3n) is 4.99. The van der Waals surface area contributed by atoms with Gasteiger partial charge in [0.25, 0.3) is 5.91 Å². The summed E-state index contributed by atoms with van der Waals surface area (Å²) in [6.07, 6.45) is 0.667. The molecule has 0 saturated carbocycles. The molecule has 0 bridgehead atoms. The molecule has 0 aliphatic heterocycles. The number of aliphatic hydroxyl groups excluding tert-OH is 1. The maximum Gasteiger partial charge on any atom is 0.258 e. The zero-order chi connectivity index (χ0) is 21.0. The summed E-state index contributed by atoms with van der Waals surface area (Å²) in [4.78, 5) is 16.8. The highest BCUT2D eigenvalue weighted by Gasteiger charge is 2.25. The molecule has 0 fully saturated rings. The molecule has 0 aliphatic rings. The highest BCUT2D eigenvalue weighted by atomic mass is 16.5. The van der Waals surface area contributed by atoms with Crippen molar-refractivity contribution < 1.29 is 14.6 Å². The van der Waals surface area contributed by atoms with Gasteiger partial charge in [0.1, 0.15) is 0 Å². The maximum absolute atomic E-state index is 12.3. The Morgan fingerprint density at radius 2 is 2.00 bits per heavy atom. The Morgan fingerprint density at radius 3 is 2.69 bits per heavy atom. The molecule has 3 rings (SSSR count). The van der Waals surface area contributed by atoms with Gasteiger partial charge in [-0.2, -0.15) is 0 Å². The second-order valence-corrected chi connectivity index (χ2v) is 7.90. The molecule has 154 valence electrons. The van der Waals surface area contributed by atoms with Crippen LogP contribution in [0.15, 0.2) is 36.4 Å². The minimum Gasteiger partial charge on any atom is -0.466 e. The molecule has 1 atom stereocenters. The Balaban J connectivity index is 1.61. The molecule has 0 unspecified atom stereocenters. The lowest BCUT2D eigenvalue weighted by molar-refractivity contribution is -0.123. The normalized spacial score (nSPS) is 13.3. The fraction of sp³-hybridized carbons (Fsp3) is 0.409. The van der Waals surface area contributed by atoms with Crippen LogP contribution in [0, 0.1) is 19.3 Å². The molecule has 2 heterocycles. The van der Waals surface area contributed by atoms with Crippen LogP contribution >= 0.6 is 0 Å². The number of ether oxygens (including phenoxy) is 1. The first-order valence-electron chi connectivity index (χ1n) is 9.66. The van der Waals surface area contributed by atoms with E-state index in [1.54, 1.807) is 11.7 Å². The Hall–Kier alpha value is -2.93. The number of amides is 1. The van der Waals surface area contributed by atoms with E-state index in [9.17, 15) is 9.90 Å². The van der Waals surface area contributed by atoms with E-state index < -0.39 is 5.41 Å². The number of nitrogens with zero attached hydrogens (tertiary/aromatic N) is 3. The number of hydrogen-bond donors (Lipinski definition) is 2. The third-order valence-corrected chi connectivity index (χ3v) is 4.99. The minimum atomic E-state index is -0.452. The van der Waals surface area contributed by atoms with Gasteiger partial charge in [0.05, 0.1) is 12.0 Å². The van der Waals surface area contributed by atoms with E-state index in [1.807, 2.05) is 57.2 Å². The molecule has 0 radical (unpaired) electrons. The molecule has 2 aromatic heterocycles. The van der Waals surface area contributed by atoms with Crippen LogP contribution in [-0.4, -0.2) is 45.5 Å². The lowest BCUT2D eigenvalue weighted by Gasteiger charge is -2.27. The molecule has 7 nitrogen and oxygen atoms in total. The van der Waals surface area contributed by atoms with Gasteiger partial charge in [-0.3, -0.25) is 4.79 Å². The van der Waals surface area contributed by atoms with E-state index in [1.165, 1.54) is 0 Å². The SMILES string of the molecule is Cc1cc(C)c2c(OCC(=O)NC[C@@](C)(CO)Cc3ccccc3)nn(C)c2n1. The Kier molecular flexibility index (Phi) is 6.17. The molecule has 0 aliphatic carbocycles. The predicted molar refractivity (Wildman–Crippen MR) is 112 cm³/mol. The number of pyridine rings is 1. The number of carbonyl (C=O) groups is 1. The van der Waals surface area contributed by atoms with Gasteiger partial charge in [-0.05, 0) is 37.5 Å². The molecule has 0 saturated heterocycles. The van der Waals surface area contributed by atoms with Crippen molar-refractivity contribution in [1.82, 2.24) is 20.1 Å². The maximum atomic E-state index is 12.3. The van der Waals surface area contributed by atoms with E-state index in [0.717, 1.165) is 27.9 Å². The summed E-state index contributed by atoms with van der Waals surface area (Å²) >= 11 is 0. The lowest BCUT2D eigenvalue weighted by atomic mass is 9.84. The summed E-state index contributed by atoms with van der Waals surface area (Å²) in [5, 5.41) is 17.9. The first-order valence-corrected chi connectivity index (χ1v) is 9.66. The van der Waals surface area contributed by atoms with Gasteiger partial charge in [-0.15, -0.1) is 5.10 Å². The van der Waals surface area contributed by atoms with Crippen molar-refractivity contribution in [3.05, 3.63) is 53.2 Å². The largest absolute Gasteiger partial charge is 0.466 e. The van der Waals surface area contributed by atoms with E-state index in [0.29, 0.717) is 18.8 Å². The summed E-state index contributed by atoms with van der Waals surface area (Å²) in [7, 11) is 1.80. The standard InChI is InChI=1S/C22H28N4O3/c1-15-10-16(2)24-20-19(15)21(25-26(20)4)29-12-18(28)23-13-22(3,14-27)11-17-8-6-5-7-9-17/h5-10,27H,11-14H2,1-4H3,(H,23,28)/t22-/m0/s1. The van der Waals surface area contributed by atoms with Gasteiger partial charge in [-0.25, -0.2) is 9.67 Å². The Morgan fingerprint density at radius 1 is 1.28 bits per heavy atom. The first kappa shape index (κ1) is 20.8. The molecule has 1 amide bonds. The van der Waals surface area contributed by atoms with Crippen LogP contribution in [0.2, 0.25) is 0 Å². The quantitative estimate of drug-likeness (QED) is 0.610. The number of benzene rings is 1. The summed E-state index contributed by atoms with van der Waals surface area (Å²) in [6, 6.07) is 11.9. The molecular weight excluding hydrogens is 368 g/mol. The molecule has 1 aromatic carbocycles. The Labute approximate surface area is 170 Å². The van der Waals surface area contributed by atoms with Crippen LogP contribution in [0.1, 0.15) is 23.7 Å². The number of aromatic nitrogens is 3. The zero-order valence-electron chi connectivity index (χ0n) is 17.4. The van der Waals surface area contributed by atoms with Crippen molar-refractivity contribution >= 4 is 16.9 Å². The van der Waals surface area contributed by atoms with Crippen molar-refractivity contribution in [3.63, 3.8) is 0 Å². The van der Waals surface area contributed by atoms with Gasteiger partial charge in [0.2, 0.25) is 5.88 Å². The van der Waals surface area contributed by atoms with Gasteiger partial charge in [0, 0.05) is 24.7 Å². The average molecular weight is 396 g/mol. The van der Waals surface area contributed by atoms with Gasteiger partial charge >= 0.3 is 0 Å². The monoisotopic (exact) mass is 396 g/mol. The van der Waals surface area contributed by atoms with Crippen LogP contribution in [-0.2, 0) is 18.3 Å². The molecule has 3 aromatic rings. The average Bonchev–Trinajstić information content (AvgIpc) is 3.01. The first-order chi connectivity index (χ1) is 13.8. The number of hydrogen-bond acceptors (Lipinski definition) is 5. The van der Waals surface area contributed by atoms with Crippen LogP contribution in [0.25, 0.3) is 11.0 Å². The number of nitrogens with one attached hydrogen (secondary N) is 1. The molecule has 29 heavy (non-hydrogen) atoms. The van der Waals surface area contributed by atoms with E-state index in [4.69, 9.17) is 4.74 Å². The third kappa shape index (κ3) is 4.92. The van der Waals surface area contributed by atoms with Crippen LogP contribution in [0.3, 0.4) is 0 Å². The number of fused-ring (bicyclic) bond motifs is 1. The fourth-order valence-electron chi connectivity index (χ4n) is 3.41. The van der Waals surface area contributed by atoms with Crippen molar-refractivity contribution in [2.24, 2.45) is 12.5 Å². The smallest absolute Gasteiger partial charge is 0.258 e. The second kappa shape index (κ2) is 8.61. The molecule has 7 heteroatoms. The van der Waals surface area contributed by atoms with Crippen molar-refractivity contribution in [2.75, 3.05) is 19.8 Å². The number of carbonyl (C=O) groups excluding carboxylic acids is 1. The van der Waals surface area contributed by atoms with Gasteiger partial charge in [-0.1, -0.05) is 37.3 Å². The van der Waals surface area contributed by atoms with E-state index in [2.05, 4.69) is 15.4 Å². The summed E-state index contributed by atoms with van der Waals surface area (Å²) in [6.45, 7) is 6.03. The van der Waals surface area contributed by atoms with Crippen LogP contribution in [0.5, 0.6) is 5.88 Å². The highest BCUT2D eigenvalue weighted by molar-refractivity contribution is 5.85. The second-order valence-electron chi connectivity index (χ2n) is 7.90. The molecule has 0 spiro atoms. The number of aliphatic hydroxyl groups is 1. The van der Waals surface area contributed by atoms with Crippen molar-refractivity contribution in [3.8, 4) is 5.88 Å². The summed E-state index contributed by atoms with van der Waals surface area (Å²) < 4.78 is 7.35. The lowest BCUT2D eigenvalue weighted by Crippen LogP contribution is -2.41. The number of rotatable bonds is 8. The summed E-state index contributed by atoms with van der Waals surface area (Å²) in [5.74, 6) is 0.145. The highest BCUT2D eigenvalue weighted by Crippen LogP contribution is 2.27. The summed E-state index contributed by atoms with van der Waals surface area (Å²) in [5.41, 5.74) is 3.31. The van der Waals surface area contributed by atoms with Gasteiger partial charge < -0.3 is 15.2 Å². The molecular formula is C22H28N4O3. The van der Waals surface area contributed by atoms with E-state index >= 15 is 0 Å². The topological polar surface area (TPSA) is 89.3 Å². The zero-order valence-corrected chi connectivity index (χ0v) is 17.4. The molecule has 2 N–H and O–H groups in total. The predicted octanol–water partition coefficient (Wildman–Crippen LogP) is 2.32. The van der Waals surface area contributed by atoms with E-state index in [-0.39, 0.29) is 19.1 Å². The van der Waals surface area contributed by atoms with Crippen molar-refractivity contribution in [1.29, 1.82) is 0 Å². The Bertz CT molecular complexity index is 1000. The fourth-order valence-corrected chi connectivity index (χ4v) is 3.41. The minimum absolute atomic E-state index is 0.0296. The van der Waals surface area contributed by atoms with Crippen LogP contribution in [0.4, 0.5) is 0 Å². The van der Waals surface area contributed by atoms with Crippen LogP contribution < -0.4 is 10.1 Å². The van der Waals surface area contributed by atoms with Gasteiger partial charge in [0.15, 0.2) is 12.3 Å². The number of aryl methyl sites for hydroxylation is 3.